The second kappa shape index (κ2) is 10.4. The molecule has 1 amide bonds. The maximum absolute atomic E-state index is 12.7. The third-order valence-electron chi connectivity index (χ3n) is 4.47. The van der Waals surface area contributed by atoms with E-state index in [0.717, 1.165) is 11.8 Å². The van der Waals surface area contributed by atoms with E-state index < -0.39 is 16.8 Å². The number of nitro groups is 1. The number of esters is 1. The molecule has 0 heterocycles. The van der Waals surface area contributed by atoms with Crippen molar-refractivity contribution in [3.05, 3.63) is 98.1 Å². The van der Waals surface area contributed by atoms with Crippen LogP contribution in [0.15, 0.2) is 65.8 Å². The van der Waals surface area contributed by atoms with Gasteiger partial charge in [-0.2, -0.15) is 5.10 Å². The van der Waals surface area contributed by atoms with Gasteiger partial charge in [0.15, 0.2) is 0 Å². The van der Waals surface area contributed by atoms with E-state index in [1.165, 1.54) is 37.4 Å². The molecule has 0 saturated carbocycles. The first-order valence-electron chi connectivity index (χ1n) is 9.52. The first-order chi connectivity index (χ1) is 15.8. The normalized spacial score (nSPS) is 10.6. The highest BCUT2D eigenvalue weighted by Crippen LogP contribution is 2.27. The van der Waals surface area contributed by atoms with Gasteiger partial charge in [0.05, 0.1) is 18.2 Å². The van der Waals surface area contributed by atoms with Crippen molar-refractivity contribution in [1.82, 2.24) is 5.43 Å². The molecule has 0 aliphatic rings. The molecule has 3 aromatic carbocycles. The zero-order valence-corrected chi connectivity index (χ0v) is 18.3. The number of halogens is 1. The maximum Gasteiger partial charge on any atom is 0.347 e. The summed E-state index contributed by atoms with van der Waals surface area (Å²) in [5.41, 5.74) is 3.64. The minimum atomic E-state index is -0.790. The van der Waals surface area contributed by atoms with Crippen LogP contribution in [0.2, 0.25) is 5.02 Å². The lowest BCUT2D eigenvalue weighted by atomic mass is 10.1. The van der Waals surface area contributed by atoms with Crippen LogP contribution in [0.4, 0.5) is 5.69 Å². The summed E-state index contributed by atoms with van der Waals surface area (Å²) in [7, 11) is 1.39. The number of benzene rings is 3. The number of nitrogens with zero attached hydrogens (tertiary/aromatic N) is 2. The van der Waals surface area contributed by atoms with Gasteiger partial charge < -0.3 is 9.47 Å². The molecule has 168 valence electrons. The Hall–Kier alpha value is -4.24. The fourth-order valence-corrected chi connectivity index (χ4v) is 2.94. The lowest BCUT2D eigenvalue weighted by Gasteiger charge is -2.10. The number of aryl methyl sites for hydroxylation is 1. The Morgan fingerprint density at radius 3 is 2.42 bits per heavy atom. The van der Waals surface area contributed by atoms with E-state index in [-0.39, 0.29) is 28.3 Å². The van der Waals surface area contributed by atoms with Gasteiger partial charge in [-0.05, 0) is 43.3 Å². The largest absolute Gasteiger partial charge is 0.496 e. The van der Waals surface area contributed by atoms with Crippen molar-refractivity contribution in [2.75, 3.05) is 7.11 Å². The molecule has 3 aromatic rings. The highest BCUT2D eigenvalue weighted by atomic mass is 35.5. The van der Waals surface area contributed by atoms with Crippen molar-refractivity contribution in [2.24, 2.45) is 5.10 Å². The number of carbonyl (C=O) groups is 2. The minimum absolute atomic E-state index is 0.0130. The molecule has 33 heavy (non-hydrogen) atoms. The minimum Gasteiger partial charge on any atom is -0.496 e. The highest BCUT2D eigenvalue weighted by molar-refractivity contribution is 6.31. The van der Waals surface area contributed by atoms with Gasteiger partial charge in [0, 0.05) is 28.3 Å². The summed E-state index contributed by atoms with van der Waals surface area (Å²) in [4.78, 5) is 35.5. The average Bonchev–Trinajstić information content (AvgIpc) is 2.80. The quantitative estimate of drug-likeness (QED) is 0.179. The van der Waals surface area contributed by atoms with Gasteiger partial charge in [-0.3, -0.25) is 14.9 Å². The Kier molecular flexibility index (Phi) is 7.37. The number of hydrazone groups is 1. The topological polar surface area (TPSA) is 120 Å². The molecule has 0 aliphatic carbocycles. The fourth-order valence-electron chi connectivity index (χ4n) is 2.77. The van der Waals surface area contributed by atoms with E-state index in [0.29, 0.717) is 10.6 Å². The number of amides is 1. The number of ether oxygens (including phenoxy) is 2. The van der Waals surface area contributed by atoms with Crippen LogP contribution in [0.3, 0.4) is 0 Å². The van der Waals surface area contributed by atoms with Gasteiger partial charge in [0.25, 0.3) is 11.6 Å². The number of methoxy groups -OCH3 is 1. The van der Waals surface area contributed by atoms with Crippen molar-refractivity contribution in [1.29, 1.82) is 0 Å². The van der Waals surface area contributed by atoms with Crippen LogP contribution in [0.25, 0.3) is 0 Å². The number of rotatable bonds is 7. The summed E-state index contributed by atoms with van der Waals surface area (Å²) < 4.78 is 10.6. The van der Waals surface area contributed by atoms with Gasteiger partial charge in [0.1, 0.15) is 17.1 Å². The molecular formula is C23H18ClN3O6. The summed E-state index contributed by atoms with van der Waals surface area (Å²) in [6, 6.07) is 14.9. The summed E-state index contributed by atoms with van der Waals surface area (Å²) in [5.74, 6) is -1.03. The fraction of sp³-hybridized carbons (Fsp3) is 0.0870. The Bertz CT molecular complexity index is 1240. The van der Waals surface area contributed by atoms with E-state index >= 15 is 0 Å². The third-order valence-corrected chi connectivity index (χ3v) is 4.71. The Morgan fingerprint density at radius 2 is 1.76 bits per heavy atom. The average molecular weight is 468 g/mol. The number of carbonyl (C=O) groups excluding carboxylic acids is 2. The van der Waals surface area contributed by atoms with Gasteiger partial charge in [-0.25, -0.2) is 10.2 Å². The molecule has 0 bridgehead atoms. The number of hydrogen-bond donors (Lipinski definition) is 1. The van der Waals surface area contributed by atoms with Gasteiger partial charge in [-0.15, -0.1) is 0 Å². The zero-order valence-electron chi connectivity index (χ0n) is 17.6. The monoisotopic (exact) mass is 467 g/mol. The van der Waals surface area contributed by atoms with E-state index in [9.17, 15) is 19.7 Å². The van der Waals surface area contributed by atoms with Crippen molar-refractivity contribution < 1.29 is 24.0 Å². The van der Waals surface area contributed by atoms with Gasteiger partial charge in [-0.1, -0.05) is 29.3 Å². The predicted molar refractivity (Wildman–Crippen MR) is 122 cm³/mol. The van der Waals surface area contributed by atoms with E-state index in [2.05, 4.69) is 10.5 Å². The molecule has 0 fully saturated rings. The molecule has 9 nitrogen and oxygen atoms in total. The number of hydrogen-bond acceptors (Lipinski definition) is 7. The maximum atomic E-state index is 12.7. The summed E-state index contributed by atoms with van der Waals surface area (Å²) in [5, 5.41) is 15.3. The molecule has 1 N–H and O–H groups in total. The number of nitrogens with one attached hydrogen (secondary N) is 1. The molecule has 0 unspecified atom stereocenters. The molecule has 0 saturated heterocycles. The zero-order chi connectivity index (χ0) is 24.0. The lowest BCUT2D eigenvalue weighted by molar-refractivity contribution is -0.384. The molecule has 0 radical (unpaired) electrons. The second-order valence-corrected chi connectivity index (χ2v) is 7.21. The molecule has 0 spiro atoms. The van der Waals surface area contributed by atoms with E-state index in [1.54, 1.807) is 30.3 Å². The standard InChI is InChI=1S/C23H18ClN3O6/c1-14-3-5-15(6-4-14)22(28)26-25-13-16-11-18(27(30)31)8-10-20(16)33-23(29)19-12-17(24)7-9-21(19)32-2/h3-13H,1-2H3,(H,26,28)/b25-13+. The van der Waals surface area contributed by atoms with Crippen LogP contribution in [0.5, 0.6) is 11.5 Å². The summed E-state index contributed by atoms with van der Waals surface area (Å²) in [6.45, 7) is 1.89. The lowest BCUT2D eigenvalue weighted by Crippen LogP contribution is -2.17. The van der Waals surface area contributed by atoms with Crippen LogP contribution in [-0.2, 0) is 0 Å². The van der Waals surface area contributed by atoms with Crippen LogP contribution < -0.4 is 14.9 Å². The van der Waals surface area contributed by atoms with Crippen LogP contribution in [-0.4, -0.2) is 30.1 Å². The van der Waals surface area contributed by atoms with Crippen LogP contribution >= 0.6 is 11.6 Å². The summed E-state index contributed by atoms with van der Waals surface area (Å²) >= 11 is 5.97. The molecular weight excluding hydrogens is 450 g/mol. The second-order valence-electron chi connectivity index (χ2n) is 6.78. The molecule has 3 rings (SSSR count). The van der Waals surface area contributed by atoms with Crippen molar-refractivity contribution in [2.45, 2.75) is 6.92 Å². The van der Waals surface area contributed by atoms with Gasteiger partial charge >= 0.3 is 5.97 Å². The Labute approximate surface area is 193 Å². The van der Waals surface area contributed by atoms with Crippen molar-refractivity contribution in [3.63, 3.8) is 0 Å². The smallest absolute Gasteiger partial charge is 0.347 e. The number of non-ortho nitro benzene ring substituents is 1. The van der Waals surface area contributed by atoms with E-state index in [1.807, 2.05) is 6.92 Å². The Morgan fingerprint density at radius 1 is 1.06 bits per heavy atom. The van der Waals surface area contributed by atoms with Gasteiger partial charge in [0.2, 0.25) is 0 Å². The third kappa shape index (κ3) is 5.92. The molecule has 10 heteroatoms. The SMILES string of the molecule is COc1ccc(Cl)cc1C(=O)Oc1ccc([N+](=O)[O-])cc1/C=N/NC(=O)c1ccc(C)cc1. The number of nitro benzene ring substituents is 1. The van der Waals surface area contributed by atoms with E-state index in [4.69, 9.17) is 21.1 Å². The van der Waals surface area contributed by atoms with Crippen LogP contribution in [0.1, 0.15) is 31.8 Å². The van der Waals surface area contributed by atoms with Crippen LogP contribution in [0, 0.1) is 17.0 Å². The first-order valence-corrected chi connectivity index (χ1v) is 9.90. The molecule has 0 atom stereocenters. The molecule has 0 aliphatic heterocycles. The first kappa shape index (κ1) is 23.4. The molecule has 0 aromatic heterocycles. The van der Waals surface area contributed by atoms with Crippen molar-refractivity contribution >= 4 is 35.4 Å². The summed E-state index contributed by atoms with van der Waals surface area (Å²) in [6.07, 6.45) is 1.15. The highest BCUT2D eigenvalue weighted by Gasteiger charge is 2.18. The van der Waals surface area contributed by atoms with Crippen molar-refractivity contribution in [3.8, 4) is 11.5 Å². The predicted octanol–water partition coefficient (Wildman–Crippen LogP) is 4.55. The Balaban J connectivity index is 1.85.